The number of imide groups is 2. The Morgan fingerprint density at radius 1 is 0.917 bits per heavy atom. The molecule has 3 aliphatic heterocycles. The molecule has 0 radical (unpaired) electrons. The van der Waals surface area contributed by atoms with Gasteiger partial charge in [-0.05, 0) is 102 Å². The van der Waals surface area contributed by atoms with Crippen LogP contribution in [0.5, 0.6) is 0 Å². The Morgan fingerprint density at radius 3 is 2.38 bits per heavy atom. The number of amides is 6. The summed E-state index contributed by atoms with van der Waals surface area (Å²) in [6, 6.07) is 13.1. The molecule has 6 amide bonds. The van der Waals surface area contributed by atoms with Crippen LogP contribution in [0.4, 0.5) is 11.4 Å². The summed E-state index contributed by atoms with van der Waals surface area (Å²) < 4.78 is 0.922. The molecule has 2 saturated heterocycles. The van der Waals surface area contributed by atoms with Crippen LogP contribution in [0.2, 0.25) is 0 Å². The number of hydrogen-bond donors (Lipinski definition) is 4. The minimum absolute atomic E-state index is 0.0154. The third-order valence-corrected chi connectivity index (χ3v) is 13.3. The lowest BCUT2D eigenvalue weighted by molar-refractivity contribution is -0.138. The van der Waals surface area contributed by atoms with Crippen molar-refractivity contribution in [3.05, 3.63) is 81.6 Å². The molecule has 0 spiro atoms. The molecule has 1 saturated carbocycles. The molecule has 1 unspecified atom stereocenters. The van der Waals surface area contributed by atoms with Crippen LogP contribution in [-0.4, -0.2) is 111 Å². The van der Waals surface area contributed by atoms with Crippen molar-refractivity contribution in [3.63, 3.8) is 0 Å². The molecule has 60 heavy (non-hydrogen) atoms. The molecule has 1 aliphatic carbocycles. The second kappa shape index (κ2) is 16.8. The van der Waals surface area contributed by atoms with E-state index in [-0.39, 0.29) is 47.6 Å². The van der Waals surface area contributed by atoms with E-state index < -0.39 is 35.3 Å². The Morgan fingerprint density at radius 2 is 1.67 bits per heavy atom. The average molecular weight is 835 g/mol. The van der Waals surface area contributed by atoms with Crippen molar-refractivity contribution in [2.75, 3.05) is 49.9 Å². The highest BCUT2D eigenvalue weighted by Crippen LogP contribution is 2.42. The number of rotatable bonds is 11. The van der Waals surface area contributed by atoms with Crippen LogP contribution in [0.15, 0.2) is 48.5 Å². The van der Waals surface area contributed by atoms with Gasteiger partial charge in [0, 0.05) is 73.6 Å². The number of hydrogen-bond acceptors (Lipinski definition) is 12. The van der Waals surface area contributed by atoms with Crippen molar-refractivity contribution in [3.8, 4) is 0 Å². The smallest absolute Gasteiger partial charge is 0.274 e. The molecule has 1 atom stereocenters. The SMILES string of the molecule is Cc1cccc(C(=O)Nc2cc3sc([C@H]4CC[C@H](C(=O)N5CCN(CCCNc6cccc7c6C(=O)N(C6CCC(=O)NC6=O)C7=O)CC5)CC4)nc3cc2C(C)(C)O)n1. The number of nitrogens with one attached hydrogen (secondary N) is 3. The second-order valence-corrected chi connectivity index (χ2v) is 17.8. The van der Waals surface area contributed by atoms with Gasteiger partial charge in [-0.3, -0.25) is 43.9 Å². The molecular formula is C44H50N8O7S. The molecular weight excluding hydrogens is 785 g/mol. The zero-order chi connectivity index (χ0) is 42.3. The van der Waals surface area contributed by atoms with Crippen molar-refractivity contribution in [1.82, 2.24) is 30.0 Å². The van der Waals surface area contributed by atoms with Gasteiger partial charge in [-0.2, -0.15) is 0 Å². The minimum Gasteiger partial charge on any atom is -0.386 e. The number of pyridine rings is 1. The molecule has 15 nitrogen and oxygen atoms in total. The summed E-state index contributed by atoms with van der Waals surface area (Å²) in [6.07, 6.45) is 4.29. The maximum Gasteiger partial charge on any atom is 0.274 e. The first-order valence-corrected chi connectivity index (χ1v) is 21.6. The zero-order valence-electron chi connectivity index (χ0n) is 34.1. The second-order valence-electron chi connectivity index (χ2n) is 16.8. The number of thiazole rings is 1. The first-order valence-electron chi connectivity index (χ1n) is 20.8. The number of piperidine rings is 1. The van der Waals surface area contributed by atoms with Gasteiger partial charge in [0.2, 0.25) is 17.7 Å². The topological polar surface area (TPSA) is 194 Å². The molecule has 16 heteroatoms. The fourth-order valence-electron chi connectivity index (χ4n) is 8.86. The maximum absolute atomic E-state index is 13.7. The molecule has 4 aromatic rings. The van der Waals surface area contributed by atoms with E-state index in [2.05, 4.69) is 25.8 Å². The van der Waals surface area contributed by atoms with Crippen LogP contribution in [-0.2, 0) is 20.0 Å². The van der Waals surface area contributed by atoms with Gasteiger partial charge < -0.3 is 20.6 Å². The third kappa shape index (κ3) is 8.40. The number of aliphatic hydroxyl groups is 1. The lowest BCUT2D eigenvalue weighted by Crippen LogP contribution is -2.54. The number of aromatic nitrogens is 2. The summed E-state index contributed by atoms with van der Waals surface area (Å²) >= 11 is 1.60. The lowest BCUT2D eigenvalue weighted by atomic mass is 9.81. The molecule has 2 aromatic carbocycles. The Kier molecular flexibility index (Phi) is 11.5. The van der Waals surface area contributed by atoms with Crippen molar-refractivity contribution in [1.29, 1.82) is 0 Å². The van der Waals surface area contributed by atoms with Gasteiger partial charge >= 0.3 is 0 Å². The Balaban J connectivity index is 0.802. The van der Waals surface area contributed by atoms with Crippen LogP contribution in [0.25, 0.3) is 10.2 Å². The zero-order valence-corrected chi connectivity index (χ0v) is 34.9. The third-order valence-electron chi connectivity index (χ3n) is 12.1. The van der Waals surface area contributed by atoms with Crippen LogP contribution in [0.3, 0.4) is 0 Å². The van der Waals surface area contributed by atoms with Crippen molar-refractivity contribution >= 4 is 68.4 Å². The van der Waals surface area contributed by atoms with Gasteiger partial charge in [-0.1, -0.05) is 12.1 Å². The van der Waals surface area contributed by atoms with E-state index in [0.717, 1.165) is 77.6 Å². The van der Waals surface area contributed by atoms with E-state index in [1.807, 2.05) is 30.0 Å². The summed E-state index contributed by atoms with van der Waals surface area (Å²) in [5.74, 6) is -2.01. The van der Waals surface area contributed by atoms with Gasteiger partial charge in [0.1, 0.15) is 11.7 Å². The molecule has 5 heterocycles. The Bertz CT molecular complexity index is 2370. The predicted molar refractivity (Wildman–Crippen MR) is 226 cm³/mol. The number of anilines is 2. The van der Waals surface area contributed by atoms with E-state index >= 15 is 0 Å². The fourth-order valence-corrected chi connectivity index (χ4v) is 10.0. The van der Waals surface area contributed by atoms with Crippen molar-refractivity contribution < 1.29 is 33.9 Å². The summed E-state index contributed by atoms with van der Waals surface area (Å²) in [5.41, 5.74) is 2.74. The molecule has 314 valence electrons. The molecule has 0 bridgehead atoms. The highest BCUT2D eigenvalue weighted by atomic mass is 32.1. The number of carbonyl (C=O) groups is 6. The monoisotopic (exact) mass is 834 g/mol. The van der Waals surface area contributed by atoms with Gasteiger partial charge in [0.15, 0.2) is 0 Å². The lowest BCUT2D eigenvalue weighted by Gasteiger charge is -2.37. The Labute approximate surface area is 351 Å². The van der Waals surface area contributed by atoms with Crippen LogP contribution in [0, 0.1) is 12.8 Å². The van der Waals surface area contributed by atoms with E-state index in [4.69, 9.17) is 4.98 Å². The number of fused-ring (bicyclic) bond motifs is 2. The Hall–Kier alpha value is -5.58. The van der Waals surface area contributed by atoms with E-state index in [1.54, 1.807) is 55.5 Å². The quantitative estimate of drug-likeness (QED) is 0.120. The van der Waals surface area contributed by atoms with Crippen LogP contribution < -0.4 is 16.0 Å². The van der Waals surface area contributed by atoms with E-state index in [1.165, 1.54) is 0 Å². The summed E-state index contributed by atoms with van der Waals surface area (Å²) in [4.78, 5) is 92.1. The molecule has 8 rings (SSSR count). The normalized spacial score (nSPS) is 21.3. The van der Waals surface area contributed by atoms with Crippen LogP contribution >= 0.6 is 11.3 Å². The first-order chi connectivity index (χ1) is 28.7. The fraction of sp³-hybridized carbons (Fsp3) is 0.455. The predicted octanol–water partition coefficient (Wildman–Crippen LogP) is 4.80. The summed E-state index contributed by atoms with van der Waals surface area (Å²) in [5, 5.41) is 20.5. The highest BCUT2D eigenvalue weighted by Gasteiger charge is 2.45. The van der Waals surface area contributed by atoms with Gasteiger partial charge in [-0.15, -0.1) is 11.3 Å². The standard InChI is InChI=1S/C44H50N8O7S/c1-25-7-4-10-31(46-25)38(54)47-32-24-35-33(23-29(32)44(2,3)59)48-40(60-35)26-11-13-27(14-12-26)41(56)51-21-19-50(20-22-51)18-6-17-45-30-9-5-8-28-37(30)43(58)52(42(28)57)34-15-16-36(53)49-39(34)55/h4-5,7-10,23-24,26-27,34,45,59H,6,11-22H2,1-3H3,(H,47,54)(H,49,53,55)/t26-,27-,34?. The maximum atomic E-state index is 13.7. The number of piperazine rings is 1. The van der Waals surface area contributed by atoms with Gasteiger partial charge in [-0.25, -0.2) is 9.97 Å². The number of carbonyl (C=O) groups excluding carboxylic acids is 6. The number of benzene rings is 2. The molecule has 2 aromatic heterocycles. The molecule has 4 N–H and O–H groups in total. The van der Waals surface area contributed by atoms with E-state index in [9.17, 15) is 33.9 Å². The van der Waals surface area contributed by atoms with Crippen LogP contribution in [0.1, 0.15) is 112 Å². The first kappa shape index (κ1) is 41.2. The van der Waals surface area contributed by atoms with E-state index in [0.29, 0.717) is 42.3 Å². The number of aryl methyl sites for hydroxylation is 1. The largest absolute Gasteiger partial charge is 0.386 e. The van der Waals surface area contributed by atoms with Crippen molar-refractivity contribution in [2.45, 2.75) is 83.3 Å². The molecule has 3 fully saturated rings. The summed E-state index contributed by atoms with van der Waals surface area (Å²) in [7, 11) is 0. The highest BCUT2D eigenvalue weighted by molar-refractivity contribution is 7.18. The average Bonchev–Trinajstić information content (AvgIpc) is 3.76. The number of nitrogens with zero attached hydrogens (tertiary/aromatic N) is 5. The van der Waals surface area contributed by atoms with Gasteiger partial charge in [0.05, 0.1) is 32.0 Å². The molecule has 4 aliphatic rings. The van der Waals surface area contributed by atoms with Gasteiger partial charge in [0.25, 0.3) is 17.7 Å². The minimum atomic E-state index is -1.22. The van der Waals surface area contributed by atoms with Crippen molar-refractivity contribution in [2.24, 2.45) is 5.92 Å². The summed E-state index contributed by atoms with van der Waals surface area (Å²) in [6.45, 7) is 9.48.